The van der Waals surface area contributed by atoms with E-state index in [9.17, 15) is 0 Å². The molecular weight excluding hydrogens is 454 g/mol. The molecule has 0 aliphatic heterocycles. The lowest BCUT2D eigenvalue weighted by Gasteiger charge is -2.19. The fourth-order valence-corrected chi connectivity index (χ4v) is 6.19. The van der Waals surface area contributed by atoms with Crippen LogP contribution < -0.4 is 0 Å². The van der Waals surface area contributed by atoms with Crippen molar-refractivity contribution in [3.8, 4) is 32.1 Å². The summed E-state index contributed by atoms with van der Waals surface area (Å²) in [5, 5.41) is 6.12. The normalized spacial score (nSPS) is 11.9. The summed E-state index contributed by atoms with van der Waals surface area (Å²) >= 11 is 1.79. The second-order valence-corrected chi connectivity index (χ2v) is 11.5. The third kappa shape index (κ3) is 3.92. The average molecular weight is 484 g/mol. The molecule has 36 heavy (non-hydrogen) atoms. The molecule has 0 aliphatic carbocycles. The predicted octanol–water partition coefficient (Wildman–Crippen LogP) is 10.1. The highest BCUT2D eigenvalue weighted by molar-refractivity contribution is 7.18. The van der Waals surface area contributed by atoms with Gasteiger partial charge in [0.2, 0.25) is 0 Å². The zero-order valence-corrected chi connectivity index (χ0v) is 22.0. The highest BCUT2D eigenvalue weighted by Gasteiger charge is 2.17. The number of hydrogen-bond acceptors (Lipinski definition) is 2. The summed E-state index contributed by atoms with van der Waals surface area (Å²) in [6.45, 7) is 8.89. The number of aryl methyl sites for hydroxylation is 1. The minimum absolute atomic E-state index is 0.150. The molecule has 0 radical (unpaired) electrons. The van der Waals surface area contributed by atoms with Gasteiger partial charge in [0.05, 0.1) is 10.6 Å². The summed E-state index contributed by atoms with van der Waals surface area (Å²) < 4.78 is 0. The first-order chi connectivity index (χ1) is 17.4. The van der Waals surface area contributed by atoms with Crippen molar-refractivity contribution in [2.75, 3.05) is 0 Å². The van der Waals surface area contributed by atoms with E-state index in [2.05, 4.69) is 131 Å². The van der Waals surface area contributed by atoms with Gasteiger partial charge in [-0.25, -0.2) is 4.98 Å². The minimum Gasteiger partial charge on any atom is -0.241 e. The maximum absolute atomic E-state index is 5.05. The van der Waals surface area contributed by atoms with Crippen LogP contribution in [0, 0.1) is 6.92 Å². The standard InChI is InChI=1S/C34H29NS/c1-22-32(24-16-18-25(19-17-24)34(2,3)4)36-33(35-22)31-21-20-30(28-13-7-8-14-29(28)31)27-15-9-11-23-10-5-6-12-26(23)27/h5-21H,1-4H3. The Morgan fingerprint density at radius 2 is 1.17 bits per heavy atom. The largest absolute Gasteiger partial charge is 0.241 e. The van der Waals surface area contributed by atoms with Gasteiger partial charge in [0.1, 0.15) is 5.01 Å². The van der Waals surface area contributed by atoms with Crippen molar-refractivity contribution < 1.29 is 0 Å². The summed E-state index contributed by atoms with van der Waals surface area (Å²) in [6.07, 6.45) is 0. The van der Waals surface area contributed by atoms with E-state index in [1.165, 1.54) is 54.2 Å². The number of rotatable bonds is 3. The SMILES string of the molecule is Cc1nc(-c2ccc(-c3cccc4ccccc34)c3ccccc23)sc1-c1ccc(C(C)(C)C)cc1. The molecule has 1 heterocycles. The first-order valence-corrected chi connectivity index (χ1v) is 13.3. The number of benzene rings is 5. The van der Waals surface area contributed by atoms with Crippen LogP contribution in [-0.2, 0) is 5.41 Å². The van der Waals surface area contributed by atoms with Gasteiger partial charge in [-0.15, -0.1) is 11.3 Å². The molecule has 0 unspecified atom stereocenters. The first kappa shape index (κ1) is 22.7. The van der Waals surface area contributed by atoms with Gasteiger partial charge in [-0.2, -0.15) is 0 Å². The Bertz CT molecular complexity index is 1710. The molecule has 0 saturated heterocycles. The van der Waals surface area contributed by atoms with Crippen LogP contribution in [0.15, 0.2) is 103 Å². The molecule has 6 rings (SSSR count). The summed E-state index contributed by atoms with van der Waals surface area (Å²) in [4.78, 5) is 6.29. The van der Waals surface area contributed by atoms with Crippen LogP contribution in [0.1, 0.15) is 32.0 Å². The smallest absolute Gasteiger partial charge is 0.124 e. The Balaban J connectivity index is 1.48. The highest BCUT2D eigenvalue weighted by atomic mass is 32.1. The van der Waals surface area contributed by atoms with Crippen molar-refractivity contribution in [3.05, 3.63) is 114 Å². The lowest BCUT2D eigenvalue weighted by atomic mass is 9.86. The van der Waals surface area contributed by atoms with Gasteiger partial charge in [0, 0.05) is 5.56 Å². The zero-order chi connectivity index (χ0) is 24.9. The van der Waals surface area contributed by atoms with Crippen LogP contribution in [0.5, 0.6) is 0 Å². The van der Waals surface area contributed by atoms with E-state index in [-0.39, 0.29) is 5.41 Å². The molecule has 0 saturated carbocycles. The van der Waals surface area contributed by atoms with Gasteiger partial charge in [0.25, 0.3) is 0 Å². The minimum atomic E-state index is 0.150. The molecule has 1 nitrogen and oxygen atoms in total. The Kier molecular flexibility index (Phi) is 5.50. The van der Waals surface area contributed by atoms with E-state index < -0.39 is 0 Å². The summed E-state index contributed by atoms with van der Waals surface area (Å²) in [7, 11) is 0. The molecule has 0 N–H and O–H groups in total. The van der Waals surface area contributed by atoms with Crippen molar-refractivity contribution in [1.29, 1.82) is 0 Å². The third-order valence-electron chi connectivity index (χ3n) is 7.04. The van der Waals surface area contributed by atoms with Gasteiger partial charge in [-0.1, -0.05) is 124 Å². The molecule has 0 amide bonds. The Morgan fingerprint density at radius 1 is 0.583 bits per heavy atom. The van der Waals surface area contributed by atoms with Gasteiger partial charge < -0.3 is 0 Å². The van der Waals surface area contributed by atoms with Crippen molar-refractivity contribution in [1.82, 2.24) is 4.98 Å². The zero-order valence-electron chi connectivity index (χ0n) is 21.2. The lowest BCUT2D eigenvalue weighted by Crippen LogP contribution is -2.10. The van der Waals surface area contributed by atoms with Crippen LogP contribution in [0.25, 0.3) is 53.7 Å². The van der Waals surface area contributed by atoms with Crippen LogP contribution in [0.3, 0.4) is 0 Å². The number of thiazole rings is 1. The fraction of sp³-hybridized carbons (Fsp3) is 0.147. The van der Waals surface area contributed by atoms with E-state index in [0.717, 1.165) is 10.7 Å². The third-order valence-corrected chi connectivity index (χ3v) is 8.28. The number of aromatic nitrogens is 1. The number of fused-ring (bicyclic) bond motifs is 2. The molecule has 0 fully saturated rings. The number of hydrogen-bond donors (Lipinski definition) is 0. The maximum atomic E-state index is 5.05. The molecule has 0 aliphatic rings. The quantitative estimate of drug-likeness (QED) is 0.244. The molecule has 176 valence electrons. The van der Waals surface area contributed by atoms with Gasteiger partial charge >= 0.3 is 0 Å². The van der Waals surface area contributed by atoms with E-state index in [0.29, 0.717) is 0 Å². The molecular formula is C34H29NS. The molecule has 0 spiro atoms. The first-order valence-electron chi connectivity index (χ1n) is 12.5. The molecule has 5 aromatic carbocycles. The second kappa shape index (κ2) is 8.72. The molecule has 0 bridgehead atoms. The van der Waals surface area contributed by atoms with E-state index in [1.54, 1.807) is 11.3 Å². The predicted molar refractivity (Wildman–Crippen MR) is 157 cm³/mol. The summed E-state index contributed by atoms with van der Waals surface area (Å²) in [6, 6.07) is 37.4. The van der Waals surface area contributed by atoms with Crippen LogP contribution in [-0.4, -0.2) is 4.98 Å². The maximum Gasteiger partial charge on any atom is 0.124 e. The van der Waals surface area contributed by atoms with Crippen molar-refractivity contribution in [3.63, 3.8) is 0 Å². The Hall–Kier alpha value is -3.75. The topological polar surface area (TPSA) is 12.9 Å². The summed E-state index contributed by atoms with van der Waals surface area (Å²) in [5.41, 5.74) is 7.55. The van der Waals surface area contributed by atoms with E-state index >= 15 is 0 Å². The van der Waals surface area contributed by atoms with Crippen molar-refractivity contribution in [2.24, 2.45) is 0 Å². The summed E-state index contributed by atoms with van der Waals surface area (Å²) in [5.74, 6) is 0. The van der Waals surface area contributed by atoms with Gasteiger partial charge in [-0.3, -0.25) is 0 Å². The van der Waals surface area contributed by atoms with E-state index in [4.69, 9.17) is 4.98 Å². The average Bonchev–Trinajstić information content (AvgIpc) is 3.28. The molecule has 0 atom stereocenters. The molecule has 6 aromatic rings. The van der Waals surface area contributed by atoms with E-state index in [1.807, 2.05) is 0 Å². The molecule has 2 heteroatoms. The Morgan fingerprint density at radius 3 is 1.89 bits per heavy atom. The van der Waals surface area contributed by atoms with Crippen molar-refractivity contribution >= 4 is 32.9 Å². The van der Waals surface area contributed by atoms with Crippen molar-refractivity contribution in [2.45, 2.75) is 33.1 Å². The molecule has 1 aromatic heterocycles. The number of nitrogens with zero attached hydrogens (tertiary/aromatic N) is 1. The van der Waals surface area contributed by atoms with Crippen LogP contribution >= 0.6 is 11.3 Å². The Labute approximate surface area is 217 Å². The fourth-order valence-electron chi connectivity index (χ4n) is 5.08. The monoisotopic (exact) mass is 483 g/mol. The van der Waals surface area contributed by atoms with Gasteiger partial charge in [-0.05, 0) is 56.1 Å². The van der Waals surface area contributed by atoms with Gasteiger partial charge in [0.15, 0.2) is 0 Å². The van der Waals surface area contributed by atoms with Crippen LogP contribution in [0.4, 0.5) is 0 Å². The second-order valence-electron chi connectivity index (χ2n) is 10.5. The van der Waals surface area contributed by atoms with Crippen LogP contribution in [0.2, 0.25) is 0 Å². The lowest BCUT2D eigenvalue weighted by molar-refractivity contribution is 0.590. The highest BCUT2D eigenvalue weighted by Crippen LogP contribution is 2.42.